The lowest BCUT2D eigenvalue weighted by Gasteiger charge is -2.04. The van der Waals surface area contributed by atoms with Crippen molar-refractivity contribution in [2.24, 2.45) is 0 Å². The molecule has 0 aliphatic carbocycles. The molecule has 3 nitrogen and oxygen atoms in total. The average molecular weight is 210 g/mol. The number of alkyl halides is 1. The SMILES string of the molecule is Cc1c(C#CCCCl)cnc(N)c1N. The Bertz CT molecular complexity index is 390. The lowest BCUT2D eigenvalue weighted by atomic mass is 10.1. The quantitative estimate of drug-likeness (QED) is 0.545. The standard InChI is InChI=1S/C10H12ClN3/c1-7-8(4-2-3-5-11)6-14-10(13)9(7)12/h6H,3,5,12H2,1H3,(H2,13,14). The smallest absolute Gasteiger partial charge is 0.146 e. The van der Waals surface area contributed by atoms with Gasteiger partial charge in [-0.25, -0.2) is 4.98 Å². The molecular formula is C10H12ClN3. The van der Waals surface area contributed by atoms with Gasteiger partial charge in [-0.2, -0.15) is 0 Å². The zero-order valence-electron chi connectivity index (χ0n) is 7.97. The van der Waals surface area contributed by atoms with Gasteiger partial charge in [0.05, 0.1) is 5.69 Å². The molecule has 0 fully saturated rings. The number of hydrogen-bond donors (Lipinski definition) is 2. The molecule has 1 aromatic heterocycles. The lowest BCUT2D eigenvalue weighted by molar-refractivity contribution is 1.26. The summed E-state index contributed by atoms with van der Waals surface area (Å²) in [6.07, 6.45) is 2.29. The molecule has 74 valence electrons. The third kappa shape index (κ3) is 2.30. The number of nitrogen functional groups attached to an aromatic ring is 2. The summed E-state index contributed by atoms with van der Waals surface area (Å²) in [6.45, 7) is 1.87. The highest BCUT2D eigenvalue weighted by molar-refractivity contribution is 6.18. The molecule has 1 rings (SSSR count). The Morgan fingerprint density at radius 3 is 2.86 bits per heavy atom. The van der Waals surface area contributed by atoms with Gasteiger partial charge in [-0.15, -0.1) is 11.6 Å². The van der Waals surface area contributed by atoms with Crippen LogP contribution >= 0.6 is 11.6 Å². The molecule has 0 saturated heterocycles. The number of nitrogens with two attached hydrogens (primary N) is 2. The monoisotopic (exact) mass is 209 g/mol. The van der Waals surface area contributed by atoms with Gasteiger partial charge >= 0.3 is 0 Å². The van der Waals surface area contributed by atoms with Gasteiger partial charge in [0.15, 0.2) is 0 Å². The predicted molar refractivity (Wildman–Crippen MR) is 60.0 cm³/mol. The summed E-state index contributed by atoms with van der Waals surface area (Å²) in [6, 6.07) is 0. The first-order valence-corrected chi connectivity index (χ1v) is 4.75. The van der Waals surface area contributed by atoms with Crippen molar-refractivity contribution < 1.29 is 0 Å². The molecular weight excluding hydrogens is 198 g/mol. The molecule has 0 atom stereocenters. The summed E-state index contributed by atoms with van der Waals surface area (Å²) in [5, 5.41) is 0. The molecule has 0 amide bonds. The minimum Gasteiger partial charge on any atom is -0.395 e. The lowest BCUT2D eigenvalue weighted by Crippen LogP contribution is -2.01. The first-order chi connectivity index (χ1) is 6.66. The molecule has 0 saturated carbocycles. The Kier molecular flexibility index (Phi) is 3.61. The van der Waals surface area contributed by atoms with Crippen LogP contribution in [-0.4, -0.2) is 10.9 Å². The van der Waals surface area contributed by atoms with E-state index in [4.69, 9.17) is 23.1 Å². The Morgan fingerprint density at radius 2 is 2.21 bits per heavy atom. The fraction of sp³-hybridized carbons (Fsp3) is 0.300. The largest absolute Gasteiger partial charge is 0.395 e. The molecule has 0 unspecified atom stereocenters. The number of aromatic nitrogens is 1. The molecule has 1 heterocycles. The minimum absolute atomic E-state index is 0.352. The molecule has 14 heavy (non-hydrogen) atoms. The average Bonchev–Trinajstić information content (AvgIpc) is 2.18. The van der Waals surface area contributed by atoms with Crippen LogP contribution in [0.25, 0.3) is 0 Å². The normalized spacial score (nSPS) is 9.29. The second kappa shape index (κ2) is 4.73. The maximum absolute atomic E-state index is 5.71. The van der Waals surface area contributed by atoms with E-state index in [-0.39, 0.29) is 0 Å². The van der Waals surface area contributed by atoms with Crippen molar-refractivity contribution in [3.05, 3.63) is 17.3 Å². The van der Waals surface area contributed by atoms with E-state index in [1.54, 1.807) is 6.20 Å². The van der Waals surface area contributed by atoms with Crippen molar-refractivity contribution in [3.63, 3.8) is 0 Å². The van der Waals surface area contributed by atoms with E-state index >= 15 is 0 Å². The van der Waals surface area contributed by atoms with Gasteiger partial charge < -0.3 is 11.5 Å². The number of pyridine rings is 1. The molecule has 0 aromatic carbocycles. The van der Waals surface area contributed by atoms with Crippen LogP contribution < -0.4 is 11.5 Å². The van der Waals surface area contributed by atoms with Gasteiger partial charge in [0.2, 0.25) is 0 Å². The Morgan fingerprint density at radius 1 is 1.50 bits per heavy atom. The van der Waals surface area contributed by atoms with E-state index in [2.05, 4.69) is 16.8 Å². The van der Waals surface area contributed by atoms with Crippen molar-refractivity contribution in [1.82, 2.24) is 4.98 Å². The molecule has 1 aromatic rings. The third-order valence-electron chi connectivity index (χ3n) is 1.86. The molecule has 4 heteroatoms. The number of rotatable bonds is 1. The highest BCUT2D eigenvalue weighted by Crippen LogP contribution is 2.19. The molecule has 0 radical (unpaired) electrons. The summed E-state index contributed by atoms with van der Waals surface area (Å²) < 4.78 is 0. The summed E-state index contributed by atoms with van der Waals surface area (Å²) in [7, 11) is 0. The van der Waals surface area contributed by atoms with E-state index in [1.165, 1.54) is 0 Å². The van der Waals surface area contributed by atoms with Gasteiger partial charge in [-0.3, -0.25) is 0 Å². The molecule has 0 spiro atoms. The Balaban J connectivity index is 3.02. The highest BCUT2D eigenvalue weighted by Gasteiger charge is 2.03. The number of halogens is 1. The highest BCUT2D eigenvalue weighted by atomic mass is 35.5. The minimum atomic E-state index is 0.352. The fourth-order valence-corrected chi connectivity index (χ4v) is 1.06. The van der Waals surface area contributed by atoms with E-state index < -0.39 is 0 Å². The van der Waals surface area contributed by atoms with Crippen LogP contribution in [0.5, 0.6) is 0 Å². The number of nitrogens with zero attached hydrogens (tertiary/aromatic N) is 1. The number of anilines is 2. The molecule has 0 aliphatic rings. The van der Waals surface area contributed by atoms with E-state index in [0.29, 0.717) is 23.8 Å². The Hall–Kier alpha value is -1.40. The number of hydrogen-bond acceptors (Lipinski definition) is 3. The molecule has 4 N–H and O–H groups in total. The van der Waals surface area contributed by atoms with Crippen LogP contribution in [0.3, 0.4) is 0 Å². The van der Waals surface area contributed by atoms with Gasteiger partial charge in [0.25, 0.3) is 0 Å². The predicted octanol–water partition coefficient (Wildman–Crippen LogP) is 1.53. The van der Waals surface area contributed by atoms with Crippen molar-refractivity contribution >= 4 is 23.1 Å². The zero-order valence-corrected chi connectivity index (χ0v) is 8.73. The van der Waals surface area contributed by atoms with Crippen molar-refractivity contribution in [2.45, 2.75) is 13.3 Å². The van der Waals surface area contributed by atoms with Crippen LogP contribution in [0.2, 0.25) is 0 Å². The van der Waals surface area contributed by atoms with E-state index in [0.717, 1.165) is 11.1 Å². The second-order valence-electron chi connectivity index (χ2n) is 2.84. The summed E-state index contributed by atoms with van der Waals surface area (Å²) in [5.74, 6) is 6.75. The Labute approximate surface area is 88.5 Å². The van der Waals surface area contributed by atoms with Crippen LogP contribution in [-0.2, 0) is 0 Å². The van der Waals surface area contributed by atoms with Crippen LogP contribution in [0.1, 0.15) is 17.5 Å². The third-order valence-corrected chi connectivity index (χ3v) is 2.05. The zero-order chi connectivity index (χ0) is 10.6. The fourth-order valence-electron chi connectivity index (χ4n) is 0.969. The van der Waals surface area contributed by atoms with Gasteiger partial charge in [0.1, 0.15) is 5.82 Å². The van der Waals surface area contributed by atoms with Gasteiger partial charge in [0, 0.05) is 24.1 Å². The van der Waals surface area contributed by atoms with Gasteiger partial charge in [-0.1, -0.05) is 11.8 Å². The summed E-state index contributed by atoms with van der Waals surface area (Å²) >= 11 is 5.50. The van der Waals surface area contributed by atoms with Crippen molar-refractivity contribution in [1.29, 1.82) is 0 Å². The summed E-state index contributed by atoms with van der Waals surface area (Å²) in [5.41, 5.74) is 13.4. The molecule has 0 aliphatic heterocycles. The topological polar surface area (TPSA) is 64.9 Å². The second-order valence-corrected chi connectivity index (χ2v) is 3.21. The maximum Gasteiger partial charge on any atom is 0.146 e. The van der Waals surface area contributed by atoms with E-state index in [9.17, 15) is 0 Å². The first kappa shape index (κ1) is 10.7. The van der Waals surface area contributed by atoms with Crippen LogP contribution in [0.4, 0.5) is 11.5 Å². The van der Waals surface area contributed by atoms with Crippen LogP contribution in [0, 0.1) is 18.8 Å². The van der Waals surface area contributed by atoms with Crippen LogP contribution in [0.15, 0.2) is 6.20 Å². The molecule has 0 bridgehead atoms. The van der Waals surface area contributed by atoms with Gasteiger partial charge in [-0.05, 0) is 12.5 Å². The first-order valence-electron chi connectivity index (χ1n) is 4.22. The van der Waals surface area contributed by atoms with E-state index in [1.807, 2.05) is 6.92 Å². The van der Waals surface area contributed by atoms with Crippen molar-refractivity contribution in [3.8, 4) is 11.8 Å². The maximum atomic E-state index is 5.71. The summed E-state index contributed by atoms with van der Waals surface area (Å²) in [4.78, 5) is 3.94. The van der Waals surface area contributed by atoms with Crippen molar-refractivity contribution in [2.75, 3.05) is 17.3 Å².